The summed E-state index contributed by atoms with van der Waals surface area (Å²) >= 11 is 0. The van der Waals surface area contributed by atoms with Gasteiger partial charge in [-0.25, -0.2) is 4.79 Å². The first-order chi connectivity index (χ1) is 9.31. The van der Waals surface area contributed by atoms with Gasteiger partial charge in [-0.1, -0.05) is 12.1 Å². The van der Waals surface area contributed by atoms with Crippen molar-refractivity contribution in [3.05, 3.63) is 46.0 Å². The molecule has 0 fully saturated rings. The lowest BCUT2D eigenvalue weighted by molar-refractivity contribution is -0.139. The number of nitrogens with zero attached hydrogens (tertiary/aromatic N) is 1. The summed E-state index contributed by atoms with van der Waals surface area (Å²) in [6, 6.07) is 3.25. The van der Waals surface area contributed by atoms with Gasteiger partial charge in [0.1, 0.15) is 0 Å². The van der Waals surface area contributed by atoms with Crippen LogP contribution in [0, 0.1) is 4.91 Å². The molecule has 0 aliphatic rings. The molecule has 1 rings (SSSR count). The van der Waals surface area contributed by atoms with E-state index in [-0.39, 0.29) is 12.2 Å². The third-order valence-electron chi connectivity index (χ3n) is 2.27. The zero-order chi connectivity index (χ0) is 15.3. The molecule has 0 amide bonds. The predicted molar refractivity (Wildman–Crippen MR) is 63.4 cm³/mol. The molecule has 0 aliphatic carbocycles. The maximum atomic E-state index is 12.4. The topological polar surface area (TPSA) is 76.0 Å². The maximum absolute atomic E-state index is 12.4. The molecule has 0 radical (unpaired) electrons. The number of ether oxygens (including phenoxy) is 1. The molecule has 0 heterocycles. The van der Waals surface area contributed by atoms with Crippen LogP contribution in [0.1, 0.15) is 18.1 Å². The molecule has 8 heteroatoms. The van der Waals surface area contributed by atoms with Crippen LogP contribution in [0.25, 0.3) is 5.76 Å². The molecule has 1 aromatic carbocycles. The standard InChI is InChI=1S/C12H10F3NO4/c1-2-20-11(18)9(16-19)10(17)7-3-5-8(6-4-7)12(13,14)15/h3-6,17H,2H2,1H3. The van der Waals surface area contributed by atoms with E-state index >= 15 is 0 Å². The van der Waals surface area contributed by atoms with Crippen molar-refractivity contribution in [2.75, 3.05) is 6.61 Å². The summed E-state index contributed by atoms with van der Waals surface area (Å²) in [5, 5.41) is 12.0. The second-order valence-corrected chi connectivity index (χ2v) is 3.58. The van der Waals surface area contributed by atoms with Crippen molar-refractivity contribution in [2.45, 2.75) is 13.1 Å². The zero-order valence-electron chi connectivity index (χ0n) is 10.3. The van der Waals surface area contributed by atoms with Gasteiger partial charge in [-0.15, -0.1) is 4.91 Å². The monoisotopic (exact) mass is 289 g/mol. The zero-order valence-corrected chi connectivity index (χ0v) is 10.3. The number of carbonyl (C=O) groups excluding carboxylic acids is 1. The van der Waals surface area contributed by atoms with E-state index in [0.717, 1.165) is 12.1 Å². The lowest BCUT2D eigenvalue weighted by Crippen LogP contribution is -2.08. The van der Waals surface area contributed by atoms with Crippen molar-refractivity contribution >= 4 is 11.7 Å². The van der Waals surface area contributed by atoms with Crippen molar-refractivity contribution in [1.29, 1.82) is 0 Å². The Morgan fingerprint density at radius 1 is 1.30 bits per heavy atom. The average molecular weight is 289 g/mol. The Labute approximate surface area is 111 Å². The van der Waals surface area contributed by atoms with E-state index in [9.17, 15) is 28.0 Å². The van der Waals surface area contributed by atoms with Crippen LogP contribution in [0.5, 0.6) is 0 Å². The van der Waals surface area contributed by atoms with Crippen molar-refractivity contribution < 1.29 is 27.8 Å². The summed E-state index contributed by atoms with van der Waals surface area (Å²) in [6.45, 7) is 1.44. The van der Waals surface area contributed by atoms with Gasteiger partial charge in [0.15, 0.2) is 5.76 Å². The average Bonchev–Trinajstić information content (AvgIpc) is 2.39. The van der Waals surface area contributed by atoms with Gasteiger partial charge in [-0.05, 0) is 24.2 Å². The fourth-order valence-corrected chi connectivity index (χ4v) is 1.33. The van der Waals surface area contributed by atoms with Crippen molar-refractivity contribution in [3.63, 3.8) is 0 Å². The number of hydrogen-bond donors (Lipinski definition) is 1. The smallest absolute Gasteiger partial charge is 0.416 e. The van der Waals surface area contributed by atoms with Gasteiger partial charge in [-0.3, -0.25) is 0 Å². The highest BCUT2D eigenvalue weighted by molar-refractivity contribution is 5.95. The predicted octanol–water partition coefficient (Wildman–Crippen LogP) is 3.26. The number of aliphatic hydroxyl groups is 1. The molecule has 5 nitrogen and oxygen atoms in total. The van der Waals surface area contributed by atoms with Crippen LogP contribution >= 0.6 is 0 Å². The number of carbonyl (C=O) groups is 1. The molecule has 1 aromatic rings. The Morgan fingerprint density at radius 2 is 1.85 bits per heavy atom. The third kappa shape index (κ3) is 3.56. The Hall–Kier alpha value is -2.38. The summed E-state index contributed by atoms with van der Waals surface area (Å²) in [5.74, 6) is -1.99. The van der Waals surface area contributed by atoms with Crippen LogP contribution in [0.4, 0.5) is 13.2 Å². The Morgan fingerprint density at radius 3 is 2.25 bits per heavy atom. The largest absolute Gasteiger partial charge is 0.505 e. The Bertz CT molecular complexity index is 535. The summed E-state index contributed by atoms with van der Waals surface area (Å²) < 4.78 is 41.6. The van der Waals surface area contributed by atoms with Gasteiger partial charge in [0, 0.05) is 5.56 Å². The summed E-state index contributed by atoms with van der Waals surface area (Å²) in [4.78, 5) is 21.8. The van der Waals surface area contributed by atoms with E-state index in [1.54, 1.807) is 0 Å². The van der Waals surface area contributed by atoms with Gasteiger partial charge in [0.25, 0.3) is 0 Å². The molecule has 0 aliphatic heterocycles. The number of halogens is 3. The van der Waals surface area contributed by atoms with Crippen LogP contribution in [-0.2, 0) is 15.7 Å². The van der Waals surface area contributed by atoms with Crippen LogP contribution < -0.4 is 0 Å². The first-order valence-electron chi connectivity index (χ1n) is 5.42. The number of alkyl halides is 3. The minimum atomic E-state index is -4.52. The van der Waals surface area contributed by atoms with E-state index < -0.39 is 29.2 Å². The highest BCUT2D eigenvalue weighted by atomic mass is 19.4. The fraction of sp³-hybridized carbons (Fsp3) is 0.250. The SMILES string of the molecule is CCOC(=O)C(N=O)=C(O)c1ccc(C(F)(F)F)cc1. The van der Waals surface area contributed by atoms with E-state index in [4.69, 9.17) is 0 Å². The van der Waals surface area contributed by atoms with Crippen molar-refractivity contribution in [2.24, 2.45) is 5.18 Å². The van der Waals surface area contributed by atoms with Gasteiger partial charge in [-0.2, -0.15) is 13.2 Å². The molecule has 0 bridgehead atoms. The molecule has 0 saturated heterocycles. The number of hydrogen-bond acceptors (Lipinski definition) is 5. The lowest BCUT2D eigenvalue weighted by atomic mass is 10.1. The molecule has 0 spiro atoms. The summed E-state index contributed by atoms with van der Waals surface area (Å²) in [5.41, 5.74) is -1.97. The minimum absolute atomic E-state index is 0.0435. The number of benzene rings is 1. The first kappa shape index (κ1) is 15.7. The van der Waals surface area contributed by atoms with Gasteiger partial charge in [0.2, 0.25) is 5.70 Å². The normalized spacial score (nSPS) is 12.6. The summed E-state index contributed by atoms with van der Waals surface area (Å²) in [7, 11) is 0. The number of aliphatic hydroxyl groups excluding tert-OH is 1. The molecule has 1 N–H and O–H groups in total. The second kappa shape index (κ2) is 6.18. The minimum Gasteiger partial charge on any atom is -0.505 e. The second-order valence-electron chi connectivity index (χ2n) is 3.58. The highest BCUT2D eigenvalue weighted by Gasteiger charge is 2.30. The van der Waals surface area contributed by atoms with Gasteiger partial charge in [0.05, 0.1) is 12.2 Å². The molecule has 0 unspecified atom stereocenters. The fourth-order valence-electron chi connectivity index (χ4n) is 1.33. The number of esters is 1. The van der Waals surface area contributed by atoms with Crippen molar-refractivity contribution in [1.82, 2.24) is 0 Å². The molecular formula is C12H10F3NO4. The molecule has 0 atom stereocenters. The molecule has 0 saturated carbocycles. The third-order valence-corrected chi connectivity index (χ3v) is 2.27. The Balaban J connectivity index is 3.15. The molecule has 20 heavy (non-hydrogen) atoms. The van der Waals surface area contributed by atoms with Crippen LogP contribution in [0.15, 0.2) is 35.1 Å². The van der Waals surface area contributed by atoms with Crippen molar-refractivity contribution in [3.8, 4) is 0 Å². The van der Waals surface area contributed by atoms with E-state index in [2.05, 4.69) is 9.91 Å². The number of nitroso groups, excluding NO2 is 1. The van der Waals surface area contributed by atoms with E-state index in [1.165, 1.54) is 6.92 Å². The van der Waals surface area contributed by atoms with E-state index in [0.29, 0.717) is 12.1 Å². The number of rotatable bonds is 4. The van der Waals surface area contributed by atoms with E-state index in [1.807, 2.05) is 0 Å². The Kier molecular flexibility index (Phi) is 4.84. The van der Waals surface area contributed by atoms with Crippen LogP contribution in [0.3, 0.4) is 0 Å². The molecule has 108 valence electrons. The van der Waals surface area contributed by atoms with Gasteiger partial charge >= 0.3 is 12.1 Å². The first-order valence-corrected chi connectivity index (χ1v) is 5.42. The highest BCUT2D eigenvalue weighted by Crippen LogP contribution is 2.30. The van der Waals surface area contributed by atoms with Gasteiger partial charge < -0.3 is 9.84 Å². The lowest BCUT2D eigenvalue weighted by Gasteiger charge is -2.08. The van der Waals surface area contributed by atoms with Crippen LogP contribution in [-0.4, -0.2) is 17.7 Å². The van der Waals surface area contributed by atoms with Crippen LogP contribution in [0.2, 0.25) is 0 Å². The quantitative estimate of drug-likeness (QED) is 0.399. The summed E-state index contributed by atoms with van der Waals surface area (Å²) in [6.07, 6.45) is -4.52. The maximum Gasteiger partial charge on any atom is 0.416 e. The molecule has 0 aromatic heterocycles. The molecular weight excluding hydrogens is 279 g/mol.